The Morgan fingerprint density at radius 2 is 2.25 bits per heavy atom. The van der Waals surface area contributed by atoms with Gasteiger partial charge in [0.25, 0.3) is 0 Å². The molecular formula is C7H11Br. The molecule has 0 bridgehead atoms. The summed E-state index contributed by atoms with van der Waals surface area (Å²) in [5, 5.41) is 0. The van der Waals surface area contributed by atoms with E-state index in [2.05, 4.69) is 35.5 Å². The lowest BCUT2D eigenvalue weighted by Crippen LogP contribution is -1.91. The first-order valence-corrected chi connectivity index (χ1v) is 3.53. The van der Waals surface area contributed by atoms with Crippen LogP contribution in [0.5, 0.6) is 0 Å². The average Bonchev–Trinajstić information content (AvgIpc) is 1.84. The number of hydrogen-bond donors (Lipinski definition) is 0. The molecule has 0 aliphatic heterocycles. The van der Waals surface area contributed by atoms with Gasteiger partial charge in [0.05, 0.1) is 4.83 Å². The van der Waals surface area contributed by atoms with Gasteiger partial charge in [0.1, 0.15) is 0 Å². The second-order valence-electron chi connectivity index (χ2n) is 1.67. The molecule has 0 nitrogen and oxygen atoms in total. The molecule has 0 saturated heterocycles. The van der Waals surface area contributed by atoms with Gasteiger partial charge in [-0.2, -0.15) is 0 Å². The molecule has 0 aromatic rings. The largest absolute Gasteiger partial charge is 0.102 e. The molecule has 0 rings (SSSR count). The Morgan fingerprint density at radius 3 is 2.38 bits per heavy atom. The highest BCUT2D eigenvalue weighted by Crippen LogP contribution is 2.11. The second kappa shape index (κ2) is 3.90. The highest BCUT2D eigenvalue weighted by Gasteiger charge is 1.95. The lowest BCUT2D eigenvalue weighted by molar-refractivity contribution is 1.24. The van der Waals surface area contributed by atoms with Crippen LogP contribution in [-0.4, -0.2) is 4.83 Å². The Labute approximate surface area is 59.4 Å². The minimum atomic E-state index is 0.354. The standard InChI is InChI=1S/C7H11Br/c1-4-6(3)7(8)5-2/h4-5,7H,2H2,1,3H3. The van der Waals surface area contributed by atoms with Crippen LogP contribution < -0.4 is 0 Å². The lowest BCUT2D eigenvalue weighted by Gasteiger charge is -2.00. The van der Waals surface area contributed by atoms with Crippen LogP contribution in [-0.2, 0) is 0 Å². The van der Waals surface area contributed by atoms with E-state index in [-0.39, 0.29) is 0 Å². The SMILES string of the molecule is C=CC(Br)C(C)=CC. The van der Waals surface area contributed by atoms with Gasteiger partial charge >= 0.3 is 0 Å². The molecule has 1 atom stereocenters. The molecule has 1 unspecified atom stereocenters. The zero-order chi connectivity index (χ0) is 6.57. The lowest BCUT2D eigenvalue weighted by atomic mass is 10.2. The number of allylic oxidation sites excluding steroid dienone is 3. The predicted molar refractivity (Wildman–Crippen MR) is 42.3 cm³/mol. The fraction of sp³-hybridized carbons (Fsp3) is 0.429. The quantitative estimate of drug-likeness (QED) is 0.447. The van der Waals surface area contributed by atoms with E-state index < -0.39 is 0 Å². The molecule has 0 fully saturated rings. The monoisotopic (exact) mass is 174 g/mol. The third-order valence-electron chi connectivity index (χ3n) is 1.10. The molecule has 0 amide bonds. The zero-order valence-electron chi connectivity index (χ0n) is 5.32. The van der Waals surface area contributed by atoms with Crippen molar-refractivity contribution in [3.05, 3.63) is 24.3 Å². The maximum absolute atomic E-state index is 3.64. The summed E-state index contributed by atoms with van der Waals surface area (Å²) in [5.41, 5.74) is 1.31. The maximum Gasteiger partial charge on any atom is 0.0529 e. The van der Waals surface area contributed by atoms with Crippen molar-refractivity contribution in [3.63, 3.8) is 0 Å². The maximum atomic E-state index is 3.64. The van der Waals surface area contributed by atoms with Crippen molar-refractivity contribution in [1.82, 2.24) is 0 Å². The first kappa shape index (κ1) is 7.96. The van der Waals surface area contributed by atoms with Crippen molar-refractivity contribution in [2.24, 2.45) is 0 Å². The second-order valence-corrected chi connectivity index (χ2v) is 2.66. The van der Waals surface area contributed by atoms with Crippen LogP contribution >= 0.6 is 15.9 Å². The summed E-state index contributed by atoms with van der Waals surface area (Å²) < 4.78 is 0. The van der Waals surface area contributed by atoms with Crippen LogP contribution in [0.4, 0.5) is 0 Å². The van der Waals surface area contributed by atoms with Gasteiger partial charge in [0, 0.05) is 0 Å². The van der Waals surface area contributed by atoms with Crippen LogP contribution in [0.2, 0.25) is 0 Å². The molecule has 0 radical (unpaired) electrons. The van der Waals surface area contributed by atoms with Crippen LogP contribution in [0, 0.1) is 0 Å². The Kier molecular flexibility index (Phi) is 3.88. The number of alkyl halides is 1. The highest BCUT2D eigenvalue weighted by molar-refractivity contribution is 9.09. The summed E-state index contributed by atoms with van der Waals surface area (Å²) in [5.74, 6) is 0. The Morgan fingerprint density at radius 1 is 1.75 bits per heavy atom. The topological polar surface area (TPSA) is 0 Å². The molecule has 8 heavy (non-hydrogen) atoms. The van der Waals surface area contributed by atoms with Gasteiger partial charge in [-0.3, -0.25) is 0 Å². The molecule has 0 aromatic heterocycles. The Hall–Kier alpha value is -0.0400. The number of rotatable bonds is 2. The minimum absolute atomic E-state index is 0.354. The van der Waals surface area contributed by atoms with Crippen LogP contribution in [0.3, 0.4) is 0 Å². The summed E-state index contributed by atoms with van der Waals surface area (Å²) in [6, 6.07) is 0. The first-order valence-electron chi connectivity index (χ1n) is 2.61. The molecule has 0 saturated carbocycles. The Bertz CT molecular complexity index is 103. The molecule has 0 spiro atoms. The van der Waals surface area contributed by atoms with Crippen LogP contribution in [0.25, 0.3) is 0 Å². The van der Waals surface area contributed by atoms with E-state index in [1.165, 1.54) is 5.57 Å². The van der Waals surface area contributed by atoms with Crippen molar-refractivity contribution >= 4 is 15.9 Å². The van der Waals surface area contributed by atoms with E-state index in [9.17, 15) is 0 Å². The van der Waals surface area contributed by atoms with Gasteiger partial charge in [0.2, 0.25) is 0 Å². The smallest absolute Gasteiger partial charge is 0.0529 e. The number of hydrogen-bond acceptors (Lipinski definition) is 0. The summed E-state index contributed by atoms with van der Waals surface area (Å²) in [6.07, 6.45) is 3.94. The Balaban J connectivity index is 3.81. The summed E-state index contributed by atoms with van der Waals surface area (Å²) in [6.45, 7) is 7.73. The minimum Gasteiger partial charge on any atom is -0.102 e. The van der Waals surface area contributed by atoms with Crippen molar-refractivity contribution in [3.8, 4) is 0 Å². The van der Waals surface area contributed by atoms with E-state index >= 15 is 0 Å². The van der Waals surface area contributed by atoms with E-state index in [0.29, 0.717) is 4.83 Å². The van der Waals surface area contributed by atoms with Gasteiger partial charge in [-0.1, -0.05) is 33.7 Å². The summed E-state index contributed by atoms with van der Waals surface area (Å²) >= 11 is 3.42. The summed E-state index contributed by atoms with van der Waals surface area (Å²) in [7, 11) is 0. The van der Waals surface area contributed by atoms with Gasteiger partial charge < -0.3 is 0 Å². The highest BCUT2D eigenvalue weighted by atomic mass is 79.9. The molecular weight excluding hydrogens is 164 g/mol. The summed E-state index contributed by atoms with van der Waals surface area (Å²) in [4.78, 5) is 0.354. The third kappa shape index (κ3) is 2.31. The van der Waals surface area contributed by atoms with E-state index in [4.69, 9.17) is 0 Å². The normalized spacial score (nSPS) is 15.6. The molecule has 0 heterocycles. The van der Waals surface area contributed by atoms with Gasteiger partial charge in [0.15, 0.2) is 0 Å². The van der Waals surface area contributed by atoms with Crippen molar-refractivity contribution in [2.45, 2.75) is 18.7 Å². The van der Waals surface area contributed by atoms with Crippen molar-refractivity contribution < 1.29 is 0 Å². The number of halogens is 1. The molecule has 0 N–H and O–H groups in total. The fourth-order valence-corrected chi connectivity index (χ4v) is 0.609. The van der Waals surface area contributed by atoms with E-state index in [1.807, 2.05) is 13.0 Å². The van der Waals surface area contributed by atoms with Gasteiger partial charge in [-0.25, -0.2) is 0 Å². The van der Waals surface area contributed by atoms with Crippen molar-refractivity contribution in [1.29, 1.82) is 0 Å². The van der Waals surface area contributed by atoms with Crippen LogP contribution in [0.1, 0.15) is 13.8 Å². The van der Waals surface area contributed by atoms with Crippen LogP contribution in [0.15, 0.2) is 24.3 Å². The zero-order valence-corrected chi connectivity index (χ0v) is 6.90. The fourth-order valence-electron chi connectivity index (χ4n) is 0.345. The van der Waals surface area contributed by atoms with Gasteiger partial charge in [-0.05, 0) is 13.8 Å². The average molecular weight is 175 g/mol. The third-order valence-corrected chi connectivity index (χ3v) is 2.19. The van der Waals surface area contributed by atoms with Gasteiger partial charge in [-0.15, -0.1) is 6.58 Å². The molecule has 0 aliphatic rings. The van der Waals surface area contributed by atoms with E-state index in [1.54, 1.807) is 0 Å². The molecule has 0 aromatic carbocycles. The molecule has 1 heteroatoms. The molecule has 0 aliphatic carbocycles. The van der Waals surface area contributed by atoms with Crippen molar-refractivity contribution in [2.75, 3.05) is 0 Å². The predicted octanol–water partition coefficient (Wildman–Crippen LogP) is 2.90. The van der Waals surface area contributed by atoms with E-state index in [0.717, 1.165) is 0 Å². The molecule has 46 valence electrons. The first-order chi connectivity index (χ1) is 3.72.